The zero-order chi connectivity index (χ0) is 16.9. The number of nitrogens with one attached hydrogen (secondary N) is 2. The van der Waals surface area contributed by atoms with Crippen molar-refractivity contribution in [2.45, 2.75) is 20.1 Å². The van der Waals surface area contributed by atoms with Crippen molar-refractivity contribution in [3.63, 3.8) is 0 Å². The molecule has 0 spiro atoms. The van der Waals surface area contributed by atoms with E-state index in [4.69, 9.17) is 28.6 Å². The largest absolute Gasteiger partial charge is 0.489 e. The number of hydrogen-bond donors (Lipinski definition) is 2. The first-order valence-electron chi connectivity index (χ1n) is 7.46. The zero-order valence-corrected chi connectivity index (χ0v) is 14.7. The van der Waals surface area contributed by atoms with E-state index in [9.17, 15) is 0 Å². The van der Waals surface area contributed by atoms with Gasteiger partial charge in [-0.25, -0.2) is 4.68 Å². The minimum absolute atomic E-state index is 0.476. The Hall–Kier alpha value is -2.31. The standard InChI is InChI=1S/C17H17ClN4OS/c1-12-20-21-17(24)22(12)19-10-13-4-3-7-16(9-13)23-11-14-5-2-6-15(18)8-14/h2-9,19H,10-11H2,1H3,(H,21,24). The lowest BCUT2D eigenvalue weighted by atomic mass is 10.2. The van der Waals surface area contributed by atoms with Crippen LogP contribution in [0.2, 0.25) is 5.02 Å². The van der Waals surface area contributed by atoms with Gasteiger partial charge in [0.1, 0.15) is 18.2 Å². The van der Waals surface area contributed by atoms with Crippen molar-refractivity contribution in [1.29, 1.82) is 0 Å². The highest BCUT2D eigenvalue weighted by atomic mass is 35.5. The summed E-state index contributed by atoms with van der Waals surface area (Å²) >= 11 is 11.2. The van der Waals surface area contributed by atoms with E-state index >= 15 is 0 Å². The van der Waals surface area contributed by atoms with Crippen molar-refractivity contribution in [3.05, 3.63) is 75.3 Å². The smallest absolute Gasteiger partial charge is 0.214 e. The lowest BCUT2D eigenvalue weighted by Crippen LogP contribution is -2.16. The fourth-order valence-electron chi connectivity index (χ4n) is 2.27. The monoisotopic (exact) mass is 360 g/mol. The van der Waals surface area contributed by atoms with Crippen LogP contribution in [0.15, 0.2) is 48.5 Å². The predicted octanol–water partition coefficient (Wildman–Crippen LogP) is 4.23. The Balaban J connectivity index is 1.62. The number of benzene rings is 2. The molecule has 0 bridgehead atoms. The van der Waals surface area contributed by atoms with Gasteiger partial charge in [0.25, 0.3) is 0 Å². The quantitative estimate of drug-likeness (QED) is 0.646. The van der Waals surface area contributed by atoms with Gasteiger partial charge in [0.2, 0.25) is 4.77 Å². The Kier molecular flexibility index (Phi) is 5.17. The number of halogens is 1. The molecule has 0 aliphatic heterocycles. The molecule has 0 saturated heterocycles. The predicted molar refractivity (Wildman–Crippen MR) is 97.4 cm³/mol. The number of nitrogens with zero attached hydrogens (tertiary/aromatic N) is 2. The summed E-state index contributed by atoms with van der Waals surface area (Å²) < 4.78 is 8.13. The van der Waals surface area contributed by atoms with Crippen molar-refractivity contribution in [2.75, 3.05) is 5.43 Å². The number of ether oxygens (including phenoxy) is 1. The summed E-state index contributed by atoms with van der Waals surface area (Å²) in [4.78, 5) is 0. The van der Waals surface area contributed by atoms with Crippen molar-refractivity contribution in [2.24, 2.45) is 0 Å². The van der Waals surface area contributed by atoms with Gasteiger partial charge in [-0.1, -0.05) is 35.9 Å². The molecular weight excluding hydrogens is 344 g/mol. The van der Waals surface area contributed by atoms with Crippen LogP contribution in [-0.4, -0.2) is 14.9 Å². The number of rotatable bonds is 6. The summed E-state index contributed by atoms with van der Waals surface area (Å²) in [7, 11) is 0. The molecule has 0 aliphatic rings. The second-order valence-corrected chi connectivity index (χ2v) is 6.14. The van der Waals surface area contributed by atoms with E-state index < -0.39 is 0 Å². The Morgan fingerprint density at radius 3 is 2.75 bits per heavy atom. The number of aryl methyl sites for hydroxylation is 1. The molecule has 0 saturated carbocycles. The van der Waals surface area contributed by atoms with Crippen LogP contribution in [0.25, 0.3) is 0 Å². The Morgan fingerprint density at radius 1 is 1.21 bits per heavy atom. The van der Waals surface area contributed by atoms with Crippen LogP contribution in [0.1, 0.15) is 17.0 Å². The first-order valence-corrected chi connectivity index (χ1v) is 8.24. The van der Waals surface area contributed by atoms with Crippen LogP contribution in [0.4, 0.5) is 0 Å². The molecule has 3 aromatic rings. The molecule has 2 N–H and O–H groups in total. The molecule has 124 valence electrons. The fraction of sp³-hybridized carbons (Fsp3) is 0.176. The van der Waals surface area contributed by atoms with Crippen LogP contribution >= 0.6 is 23.8 Å². The maximum atomic E-state index is 5.99. The SMILES string of the molecule is Cc1n[nH]c(=S)n1NCc1cccc(OCc2cccc(Cl)c2)c1. The summed E-state index contributed by atoms with van der Waals surface area (Å²) in [5.41, 5.74) is 5.35. The molecule has 0 atom stereocenters. The average molecular weight is 361 g/mol. The van der Waals surface area contributed by atoms with Crippen molar-refractivity contribution in [3.8, 4) is 5.75 Å². The highest BCUT2D eigenvalue weighted by Crippen LogP contribution is 2.17. The molecule has 0 radical (unpaired) electrons. The number of aromatic amines is 1. The Bertz CT molecular complexity index is 890. The molecule has 7 heteroatoms. The summed E-state index contributed by atoms with van der Waals surface area (Å²) in [5.74, 6) is 1.59. The minimum Gasteiger partial charge on any atom is -0.489 e. The molecule has 1 heterocycles. The zero-order valence-electron chi connectivity index (χ0n) is 13.1. The van der Waals surface area contributed by atoms with Gasteiger partial charge in [0.15, 0.2) is 0 Å². The van der Waals surface area contributed by atoms with Crippen molar-refractivity contribution >= 4 is 23.8 Å². The number of aromatic nitrogens is 3. The lowest BCUT2D eigenvalue weighted by Gasteiger charge is -2.11. The average Bonchev–Trinajstić information content (AvgIpc) is 2.90. The highest BCUT2D eigenvalue weighted by molar-refractivity contribution is 7.71. The van der Waals surface area contributed by atoms with E-state index in [2.05, 4.69) is 15.6 Å². The molecule has 3 rings (SSSR count). The van der Waals surface area contributed by atoms with Gasteiger partial charge in [0.05, 0.1) is 6.54 Å². The lowest BCUT2D eigenvalue weighted by molar-refractivity contribution is 0.306. The van der Waals surface area contributed by atoms with E-state index in [-0.39, 0.29) is 0 Å². The normalized spacial score (nSPS) is 10.6. The molecule has 0 unspecified atom stereocenters. The van der Waals surface area contributed by atoms with E-state index in [1.165, 1.54) is 0 Å². The Labute approximate surface area is 150 Å². The molecule has 24 heavy (non-hydrogen) atoms. The van der Waals surface area contributed by atoms with Gasteiger partial charge in [-0.15, -0.1) is 0 Å². The van der Waals surface area contributed by atoms with Gasteiger partial charge in [0, 0.05) is 5.02 Å². The third-order valence-electron chi connectivity index (χ3n) is 3.47. The second kappa shape index (κ2) is 7.51. The minimum atomic E-state index is 0.476. The van der Waals surface area contributed by atoms with E-state index in [0.717, 1.165) is 22.7 Å². The highest BCUT2D eigenvalue weighted by Gasteiger charge is 2.02. The third kappa shape index (κ3) is 4.15. The summed E-state index contributed by atoms with van der Waals surface area (Å²) in [5, 5.41) is 7.52. The van der Waals surface area contributed by atoms with E-state index in [0.29, 0.717) is 22.9 Å². The summed E-state index contributed by atoms with van der Waals surface area (Å²) in [6.07, 6.45) is 0. The van der Waals surface area contributed by atoms with Gasteiger partial charge in [-0.05, 0) is 54.5 Å². The van der Waals surface area contributed by atoms with Crippen molar-refractivity contribution in [1.82, 2.24) is 14.9 Å². The van der Waals surface area contributed by atoms with Gasteiger partial charge in [-0.2, -0.15) is 5.10 Å². The second-order valence-electron chi connectivity index (χ2n) is 5.31. The van der Waals surface area contributed by atoms with Gasteiger partial charge >= 0.3 is 0 Å². The van der Waals surface area contributed by atoms with Crippen molar-refractivity contribution < 1.29 is 4.74 Å². The first-order chi connectivity index (χ1) is 11.6. The number of H-pyrrole nitrogens is 1. The molecule has 0 amide bonds. The van der Waals surface area contributed by atoms with Gasteiger partial charge < -0.3 is 10.2 Å². The van der Waals surface area contributed by atoms with Crippen LogP contribution in [0.5, 0.6) is 5.75 Å². The summed E-state index contributed by atoms with van der Waals surface area (Å²) in [6.45, 7) is 2.97. The third-order valence-corrected chi connectivity index (χ3v) is 3.98. The molecule has 0 aliphatic carbocycles. The van der Waals surface area contributed by atoms with Crippen LogP contribution in [0.3, 0.4) is 0 Å². The van der Waals surface area contributed by atoms with Crippen LogP contribution in [-0.2, 0) is 13.2 Å². The summed E-state index contributed by atoms with van der Waals surface area (Å²) in [6, 6.07) is 15.6. The fourth-order valence-corrected chi connectivity index (χ4v) is 2.73. The molecule has 5 nitrogen and oxygen atoms in total. The number of hydrogen-bond acceptors (Lipinski definition) is 4. The first kappa shape index (κ1) is 16.5. The van der Waals surface area contributed by atoms with Crippen LogP contribution in [0, 0.1) is 11.7 Å². The maximum absolute atomic E-state index is 5.99. The topological polar surface area (TPSA) is 54.9 Å². The Morgan fingerprint density at radius 2 is 2.00 bits per heavy atom. The molecule has 1 aromatic heterocycles. The molecule has 0 fully saturated rings. The maximum Gasteiger partial charge on any atom is 0.214 e. The van der Waals surface area contributed by atoms with Gasteiger partial charge in [-0.3, -0.25) is 5.10 Å². The van der Waals surface area contributed by atoms with Crippen LogP contribution < -0.4 is 10.2 Å². The van der Waals surface area contributed by atoms with E-state index in [1.807, 2.05) is 55.5 Å². The molecular formula is C17H17ClN4OS. The van der Waals surface area contributed by atoms with E-state index in [1.54, 1.807) is 4.68 Å². The molecule has 2 aromatic carbocycles.